The topological polar surface area (TPSA) is 74.6 Å². The van der Waals surface area contributed by atoms with E-state index in [4.69, 9.17) is 5.11 Å². The highest BCUT2D eigenvalue weighted by Gasteiger charge is 2.34. The summed E-state index contributed by atoms with van der Waals surface area (Å²) in [5.74, 6) is 0.526. The van der Waals surface area contributed by atoms with E-state index in [2.05, 4.69) is 0 Å². The lowest BCUT2D eigenvalue weighted by molar-refractivity contribution is -0.137. The largest absolute Gasteiger partial charge is 0.481 e. The zero-order valence-electron chi connectivity index (χ0n) is 12.9. The average molecular weight is 316 g/mol. The Morgan fingerprint density at radius 1 is 1.33 bits per heavy atom. The van der Waals surface area contributed by atoms with Crippen LogP contribution < -0.4 is 0 Å². The van der Waals surface area contributed by atoms with Crippen LogP contribution in [0.5, 0.6) is 0 Å². The van der Waals surface area contributed by atoms with Gasteiger partial charge in [0.15, 0.2) is 0 Å². The second kappa shape index (κ2) is 10.2. The van der Waals surface area contributed by atoms with Crippen molar-refractivity contribution in [2.45, 2.75) is 76.1 Å². The molecule has 3 atom stereocenters. The predicted molar refractivity (Wildman–Crippen MR) is 85.6 cm³/mol. The van der Waals surface area contributed by atoms with Gasteiger partial charge >= 0.3 is 5.97 Å². The third-order valence-electron chi connectivity index (χ3n) is 4.17. The Morgan fingerprint density at radius 3 is 2.71 bits per heavy atom. The number of hydrogen-bond donors (Lipinski definition) is 2. The number of aliphatic hydroxyl groups is 1. The fourth-order valence-corrected chi connectivity index (χ4v) is 4.28. The number of thioether (sulfide) groups is 1. The van der Waals surface area contributed by atoms with Crippen molar-refractivity contribution in [1.82, 2.24) is 0 Å². The second-order valence-corrected chi connectivity index (χ2v) is 7.16. The van der Waals surface area contributed by atoms with Crippen LogP contribution in [-0.2, 0) is 9.59 Å². The number of carboxylic acids is 1. The number of rotatable bonds is 11. The van der Waals surface area contributed by atoms with Crippen molar-refractivity contribution < 1.29 is 19.8 Å². The first-order chi connectivity index (χ1) is 10.0. The quantitative estimate of drug-likeness (QED) is 0.572. The summed E-state index contributed by atoms with van der Waals surface area (Å²) in [6.07, 6.45) is 6.97. The first-order valence-corrected chi connectivity index (χ1v) is 9.13. The molecule has 0 heterocycles. The van der Waals surface area contributed by atoms with Gasteiger partial charge in [0, 0.05) is 29.8 Å². The molecule has 4 nitrogen and oxygen atoms in total. The summed E-state index contributed by atoms with van der Waals surface area (Å²) in [5, 5.41) is 18.6. The lowest BCUT2D eigenvalue weighted by atomic mass is 9.98. The molecular weight excluding hydrogens is 288 g/mol. The average Bonchev–Trinajstić information content (AvgIpc) is 2.80. The van der Waals surface area contributed by atoms with Crippen molar-refractivity contribution in [3.05, 3.63) is 0 Å². The van der Waals surface area contributed by atoms with Crippen LogP contribution in [0, 0.1) is 5.92 Å². The van der Waals surface area contributed by atoms with Gasteiger partial charge in [-0.05, 0) is 25.7 Å². The number of carboxylic acid groups (broad SMARTS) is 1. The van der Waals surface area contributed by atoms with E-state index in [0.29, 0.717) is 17.5 Å². The molecule has 1 aliphatic rings. The highest BCUT2D eigenvalue weighted by Crippen LogP contribution is 2.36. The third kappa shape index (κ3) is 7.32. The van der Waals surface area contributed by atoms with Crippen LogP contribution in [0.4, 0.5) is 0 Å². The SMILES string of the molecule is CCC(O)CSC1CCC(=O)C1CCCCCCC(=O)O. The monoisotopic (exact) mass is 316 g/mol. The van der Waals surface area contributed by atoms with Crippen LogP contribution >= 0.6 is 11.8 Å². The Kier molecular flexibility index (Phi) is 9.00. The molecule has 0 amide bonds. The van der Waals surface area contributed by atoms with E-state index >= 15 is 0 Å². The number of Topliss-reactive ketones (excluding diaryl/α,β-unsaturated/α-hetero) is 1. The highest BCUT2D eigenvalue weighted by atomic mass is 32.2. The maximum Gasteiger partial charge on any atom is 0.303 e. The minimum absolute atomic E-state index is 0.151. The smallest absolute Gasteiger partial charge is 0.303 e. The highest BCUT2D eigenvalue weighted by molar-refractivity contribution is 8.00. The zero-order chi connectivity index (χ0) is 15.7. The van der Waals surface area contributed by atoms with Crippen molar-refractivity contribution >= 4 is 23.5 Å². The molecule has 1 rings (SSSR count). The number of carbonyl (C=O) groups is 2. The first kappa shape index (κ1) is 18.5. The molecule has 0 aromatic heterocycles. The van der Waals surface area contributed by atoms with Crippen LogP contribution in [0.15, 0.2) is 0 Å². The molecular formula is C16H28O4S. The molecule has 5 heteroatoms. The van der Waals surface area contributed by atoms with Crippen LogP contribution in [-0.4, -0.2) is 39.1 Å². The van der Waals surface area contributed by atoms with E-state index < -0.39 is 5.97 Å². The number of aliphatic carboxylic acids is 1. The summed E-state index contributed by atoms with van der Waals surface area (Å²) >= 11 is 1.75. The summed E-state index contributed by atoms with van der Waals surface area (Å²) in [6, 6.07) is 0. The number of unbranched alkanes of at least 4 members (excludes halogenated alkanes) is 3. The molecule has 0 saturated heterocycles. The van der Waals surface area contributed by atoms with Crippen LogP contribution in [0.1, 0.15) is 64.7 Å². The standard InChI is InChI=1S/C16H28O4S/c1-2-12(17)11-21-15-10-9-14(18)13(15)7-5-3-4-6-8-16(19)20/h12-13,15,17H,2-11H2,1H3,(H,19,20). The number of ketones is 1. The Morgan fingerprint density at radius 2 is 2.05 bits per heavy atom. The van der Waals surface area contributed by atoms with Crippen molar-refractivity contribution in [3.63, 3.8) is 0 Å². The van der Waals surface area contributed by atoms with Gasteiger partial charge in [-0.1, -0.05) is 26.2 Å². The fraction of sp³-hybridized carbons (Fsp3) is 0.875. The maximum atomic E-state index is 12.0. The van der Waals surface area contributed by atoms with Crippen LogP contribution in [0.2, 0.25) is 0 Å². The van der Waals surface area contributed by atoms with E-state index in [-0.39, 0.29) is 18.4 Å². The molecule has 1 fully saturated rings. The Bertz CT molecular complexity index is 332. The van der Waals surface area contributed by atoms with Gasteiger partial charge in [0.2, 0.25) is 0 Å². The van der Waals surface area contributed by atoms with E-state index in [1.165, 1.54) is 0 Å². The van der Waals surface area contributed by atoms with Gasteiger partial charge in [-0.3, -0.25) is 9.59 Å². The summed E-state index contributed by atoms with van der Waals surface area (Å²) < 4.78 is 0. The Balaban J connectivity index is 2.20. The van der Waals surface area contributed by atoms with Crippen molar-refractivity contribution in [1.29, 1.82) is 0 Å². The fourth-order valence-electron chi connectivity index (χ4n) is 2.77. The number of carbonyl (C=O) groups excluding carboxylic acids is 1. The van der Waals surface area contributed by atoms with Gasteiger partial charge in [0.05, 0.1) is 6.10 Å². The van der Waals surface area contributed by atoms with Gasteiger partial charge in [-0.2, -0.15) is 11.8 Å². The summed E-state index contributed by atoms with van der Waals surface area (Å²) in [6.45, 7) is 1.97. The molecule has 1 saturated carbocycles. The zero-order valence-corrected chi connectivity index (χ0v) is 13.7. The normalized spacial score (nSPS) is 23.4. The molecule has 1 aliphatic carbocycles. The molecule has 0 aromatic rings. The van der Waals surface area contributed by atoms with Crippen molar-refractivity contribution in [2.24, 2.45) is 5.92 Å². The molecule has 2 N–H and O–H groups in total. The lowest BCUT2D eigenvalue weighted by Crippen LogP contribution is -2.19. The van der Waals surface area contributed by atoms with Gasteiger partial charge in [0.1, 0.15) is 5.78 Å². The summed E-state index contributed by atoms with van der Waals surface area (Å²) in [4.78, 5) is 22.4. The molecule has 0 spiro atoms. The molecule has 0 aromatic carbocycles. The number of aliphatic hydroxyl groups excluding tert-OH is 1. The van der Waals surface area contributed by atoms with Crippen LogP contribution in [0.25, 0.3) is 0 Å². The molecule has 0 radical (unpaired) electrons. The second-order valence-electron chi connectivity index (χ2n) is 5.89. The minimum Gasteiger partial charge on any atom is -0.481 e. The molecule has 0 aliphatic heterocycles. The maximum absolute atomic E-state index is 12.0. The molecule has 21 heavy (non-hydrogen) atoms. The first-order valence-electron chi connectivity index (χ1n) is 8.08. The van der Waals surface area contributed by atoms with E-state index in [1.807, 2.05) is 6.92 Å². The molecule has 3 unspecified atom stereocenters. The van der Waals surface area contributed by atoms with Gasteiger partial charge in [0.25, 0.3) is 0 Å². The van der Waals surface area contributed by atoms with E-state index in [0.717, 1.165) is 50.7 Å². The van der Waals surface area contributed by atoms with Crippen LogP contribution in [0.3, 0.4) is 0 Å². The molecule has 0 bridgehead atoms. The lowest BCUT2D eigenvalue weighted by Gasteiger charge is -2.19. The summed E-state index contributed by atoms with van der Waals surface area (Å²) in [7, 11) is 0. The van der Waals surface area contributed by atoms with E-state index in [9.17, 15) is 14.7 Å². The Hall–Kier alpha value is -0.550. The van der Waals surface area contributed by atoms with Crippen molar-refractivity contribution in [3.8, 4) is 0 Å². The van der Waals surface area contributed by atoms with Gasteiger partial charge in [-0.25, -0.2) is 0 Å². The molecule has 122 valence electrons. The van der Waals surface area contributed by atoms with E-state index in [1.54, 1.807) is 11.8 Å². The van der Waals surface area contributed by atoms with Gasteiger partial charge in [-0.15, -0.1) is 0 Å². The number of hydrogen-bond acceptors (Lipinski definition) is 4. The predicted octanol–water partition coefficient (Wildman–Crippen LogP) is 3.26. The Labute approximate surface area is 131 Å². The van der Waals surface area contributed by atoms with Crippen molar-refractivity contribution in [2.75, 3.05) is 5.75 Å². The van der Waals surface area contributed by atoms with Gasteiger partial charge < -0.3 is 10.2 Å². The third-order valence-corrected chi connectivity index (χ3v) is 5.74. The summed E-state index contributed by atoms with van der Waals surface area (Å²) in [5.41, 5.74) is 0. The minimum atomic E-state index is -0.730.